The van der Waals surface area contributed by atoms with Gasteiger partial charge in [0.05, 0.1) is 0 Å². The van der Waals surface area contributed by atoms with E-state index in [1.807, 2.05) is 12.1 Å². The van der Waals surface area contributed by atoms with Crippen LogP contribution in [0.25, 0.3) is 11.2 Å². The number of amides is 1. The van der Waals surface area contributed by atoms with Crippen LogP contribution in [-0.2, 0) is 24.2 Å². The first-order chi connectivity index (χ1) is 13.3. The number of primary amides is 1. The second-order valence-corrected chi connectivity index (χ2v) is 7.93. The van der Waals surface area contributed by atoms with Crippen LogP contribution in [-0.4, -0.2) is 25.4 Å². The summed E-state index contributed by atoms with van der Waals surface area (Å²) >= 11 is 2.22. The number of nitrogens with zero attached hydrogens (tertiary/aromatic N) is 4. The number of alkyl halides is 1. The lowest BCUT2D eigenvalue weighted by atomic mass is 10.0. The Morgan fingerprint density at radius 1 is 1.32 bits per heavy atom. The number of aromatic nitrogens is 4. The first-order valence-electron chi connectivity index (χ1n) is 8.75. The van der Waals surface area contributed by atoms with Gasteiger partial charge < -0.3 is 16.0 Å². The van der Waals surface area contributed by atoms with E-state index in [1.54, 1.807) is 4.57 Å². The quantitative estimate of drug-likeness (QED) is 0.415. The van der Waals surface area contributed by atoms with Gasteiger partial charge in [0.2, 0.25) is 5.91 Å². The van der Waals surface area contributed by atoms with Crippen LogP contribution in [0.2, 0.25) is 0 Å². The van der Waals surface area contributed by atoms with Gasteiger partial charge in [0, 0.05) is 23.0 Å². The van der Waals surface area contributed by atoms with Crippen LogP contribution in [0.1, 0.15) is 41.5 Å². The number of imidazole rings is 1. The summed E-state index contributed by atoms with van der Waals surface area (Å²) in [6, 6.07) is 3.86. The molecule has 146 valence electrons. The van der Waals surface area contributed by atoms with Crippen LogP contribution in [0.3, 0.4) is 0 Å². The fraction of sp³-hybridized carbons (Fsp3) is 0.333. The van der Waals surface area contributed by atoms with E-state index in [9.17, 15) is 13.6 Å². The van der Waals surface area contributed by atoms with Gasteiger partial charge in [-0.25, -0.2) is 9.37 Å². The Bertz CT molecular complexity index is 1100. The third-order valence-electron chi connectivity index (χ3n) is 4.92. The Kier molecular flexibility index (Phi) is 4.89. The van der Waals surface area contributed by atoms with E-state index in [-0.39, 0.29) is 29.9 Å². The number of carbonyl (C=O) groups is 1. The van der Waals surface area contributed by atoms with E-state index in [0.717, 1.165) is 21.1 Å². The molecule has 4 rings (SSSR count). The van der Waals surface area contributed by atoms with E-state index in [1.165, 1.54) is 0 Å². The first kappa shape index (κ1) is 19.0. The smallest absolute Gasteiger partial charge is 0.312 e. The van der Waals surface area contributed by atoms with Crippen LogP contribution in [0.5, 0.6) is 0 Å². The molecule has 0 aliphatic heterocycles. The van der Waals surface area contributed by atoms with Crippen LogP contribution in [0.4, 0.5) is 14.6 Å². The van der Waals surface area contributed by atoms with Crippen LogP contribution < -0.4 is 11.5 Å². The second kappa shape index (κ2) is 7.22. The molecule has 0 fully saturated rings. The monoisotopic (exact) mass is 498 g/mol. The highest BCUT2D eigenvalue weighted by molar-refractivity contribution is 14.1. The van der Waals surface area contributed by atoms with Crippen LogP contribution in [0.15, 0.2) is 12.1 Å². The molecule has 1 unspecified atom stereocenters. The summed E-state index contributed by atoms with van der Waals surface area (Å²) in [5.41, 5.74) is 14.2. The van der Waals surface area contributed by atoms with Gasteiger partial charge in [-0.05, 0) is 58.2 Å². The lowest BCUT2D eigenvalue weighted by Gasteiger charge is -2.11. The van der Waals surface area contributed by atoms with Crippen molar-refractivity contribution in [2.24, 2.45) is 5.73 Å². The van der Waals surface area contributed by atoms with Crippen molar-refractivity contribution in [2.45, 2.75) is 38.4 Å². The number of hydrogen-bond donors (Lipinski definition) is 2. The summed E-state index contributed by atoms with van der Waals surface area (Å²) < 4.78 is 30.5. The number of benzene rings is 1. The summed E-state index contributed by atoms with van der Waals surface area (Å²) in [5, 5.41) is 0. The van der Waals surface area contributed by atoms with E-state index < -0.39 is 18.2 Å². The van der Waals surface area contributed by atoms with Crippen molar-refractivity contribution in [3.8, 4) is 0 Å². The number of nitrogen functional groups attached to an aromatic ring is 1. The Hall–Kier alpha value is -2.37. The molecule has 3 aromatic rings. The Morgan fingerprint density at radius 3 is 2.86 bits per heavy atom. The lowest BCUT2D eigenvalue weighted by Crippen LogP contribution is -2.16. The fourth-order valence-electron chi connectivity index (χ4n) is 3.56. The van der Waals surface area contributed by atoms with E-state index in [2.05, 4.69) is 37.5 Å². The minimum Gasteiger partial charge on any atom is -0.382 e. The highest BCUT2D eigenvalue weighted by Gasteiger charge is 2.24. The molecule has 4 N–H and O–H groups in total. The fourth-order valence-corrected chi connectivity index (χ4v) is 4.28. The molecule has 1 aliphatic rings. The number of anilines is 1. The van der Waals surface area contributed by atoms with E-state index in [0.29, 0.717) is 24.2 Å². The van der Waals surface area contributed by atoms with Gasteiger partial charge in [-0.2, -0.15) is 14.4 Å². The van der Waals surface area contributed by atoms with Crippen molar-refractivity contribution >= 4 is 45.5 Å². The van der Waals surface area contributed by atoms with Crippen LogP contribution >= 0.6 is 22.6 Å². The summed E-state index contributed by atoms with van der Waals surface area (Å²) in [4.78, 5) is 23.1. The minimum absolute atomic E-state index is 0.0395. The van der Waals surface area contributed by atoms with Crippen molar-refractivity contribution < 1.29 is 13.6 Å². The van der Waals surface area contributed by atoms with E-state index >= 15 is 0 Å². The van der Waals surface area contributed by atoms with Gasteiger partial charge in [-0.3, -0.25) is 4.79 Å². The molecule has 0 saturated heterocycles. The molecule has 0 spiro atoms. The normalized spacial score (nSPS) is 15.9. The summed E-state index contributed by atoms with van der Waals surface area (Å²) in [6.07, 6.45) is -0.307. The summed E-state index contributed by atoms with van der Waals surface area (Å²) in [5.74, 6) is -0.0362. The molecule has 28 heavy (non-hydrogen) atoms. The zero-order valence-electron chi connectivity index (χ0n) is 14.8. The second-order valence-electron chi connectivity index (χ2n) is 6.77. The minimum atomic E-state index is -0.968. The Morgan fingerprint density at radius 2 is 2.11 bits per heavy atom. The number of carbonyl (C=O) groups excluding carboxylic acids is 1. The number of halogens is 3. The number of nitrogens with two attached hydrogens (primary N) is 2. The van der Waals surface area contributed by atoms with Gasteiger partial charge in [-0.15, -0.1) is 0 Å². The molecule has 2 heterocycles. The maximum absolute atomic E-state index is 14.2. The van der Waals surface area contributed by atoms with E-state index in [4.69, 9.17) is 11.5 Å². The summed E-state index contributed by atoms with van der Waals surface area (Å²) in [7, 11) is 0. The highest BCUT2D eigenvalue weighted by atomic mass is 127. The zero-order valence-corrected chi connectivity index (χ0v) is 16.9. The highest BCUT2D eigenvalue weighted by Crippen LogP contribution is 2.36. The van der Waals surface area contributed by atoms with Gasteiger partial charge in [0.25, 0.3) is 0 Å². The number of aryl methyl sites for hydroxylation is 2. The topological polar surface area (TPSA) is 113 Å². The standard InChI is InChI=1S/C18H17F2IN6O/c19-11-2-1-8-6-12(21)9(5-10(8)11)7-14-24-15-16(23)25-18(20)26-17(15)27(14)4-3-13(22)28/h5-6,11H,1-4,7H2,(H2,22,28)(H2,23,25,26). The predicted octanol–water partition coefficient (Wildman–Crippen LogP) is 2.58. The summed E-state index contributed by atoms with van der Waals surface area (Å²) in [6.45, 7) is 0.185. The SMILES string of the molecule is NC(=O)CCn1c(Cc2cc3c(cc2I)CCC3F)nc2c(N)nc(F)nc21. The molecule has 1 atom stereocenters. The zero-order chi connectivity index (χ0) is 20.0. The van der Waals surface area contributed by atoms with Gasteiger partial charge >= 0.3 is 6.08 Å². The van der Waals surface area contributed by atoms with Crippen molar-refractivity contribution in [2.75, 3.05) is 5.73 Å². The molecule has 2 aromatic heterocycles. The van der Waals surface area contributed by atoms with Gasteiger partial charge in [0.1, 0.15) is 12.0 Å². The number of rotatable bonds is 5. The molecule has 1 aromatic carbocycles. The largest absolute Gasteiger partial charge is 0.382 e. The molecular formula is C18H17F2IN6O. The maximum Gasteiger partial charge on any atom is 0.312 e. The van der Waals surface area contributed by atoms with Crippen molar-refractivity contribution in [1.82, 2.24) is 19.5 Å². The molecule has 7 nitrogen and oxygen atoms in total. The molecule has 10 heteroatoms. The molecule has 0 saturated carbocycles. The molecule has 1 amide bonds. The average Bonchev–Trinajstić information content (AvgIpc) is 3.14. The third kappa shape index (κ3) is 3.40. The van der Waals surface area contributed by atoms with Gasteiger partial charge in [-0.1, -0.05) is 6.07 Å². The van der Waals surface area contributed by atoms with Gasteiger partial charge in [0.15, 0.2) is 17.0 Å². The van der Waals surface area contributed by atoms with Crippen molar-refractivity contribution in [3.63, 3.8) is 0 Å². The predicted molar refractivity (Wildman–Crippen MR) is 108 cm³/mol. The van der Waals surface area contributed by atoms with Crippen molar-refractivity contribution in [1.29, 1.82) is 0 Å². The molecule has 1 aliphatic carbocycles. The lowest BCUT2D eigenvalue weighted by molar-refractivity contribution is -0.118. The Labute approximate surface area is 172 Å². The van der Waals surface area contributed by atoms with Crippen LogP contribution in [0, 0.1) is 9.65 Å². The van der Waals surface area contributed by atoms with Crippen molar-refractivity contribution in [3.05, 3.63) is 44.3 Å². The maximum atomic E-state index is 14.2. The molecular weight excluding hydrogens is 481 g/mol. The average molecular weight is 498 g/mol. The molecule has 0 bridgehead atoms. The third-order valence-corrected chi connectivity index (χ3v) is 5.92. The first-order valence-corrected chi connectivity index (χ1v) is 9.83. The Balaban J connectivity index is 1.80. The number of hydrogen-bond acceptors (Lipinski definition) is 5. The number of fused-ring (bicyclic) bond motifs is 2. The molecule has 0 radical (unpaired) electrons.